The van der Waals surface area contributed by atoms with Crippen LogP contribution in [0.2, 0.25) is 0 Å². The summed E-state index contributed by atoms with van der Waals surface area (Å²) >= 11 is 2.23. The van der Waals surface area contributed by atoms with Crippen molar-refractivity contribution in [2.24, 2.45) is 5.41 Å². The number of halogens is 1. The van der Waals surface area contributed by atoms with Gasteiger partial charge >= 0.3 is 0 Å². The maximum atomic E-state index is 11.2. The summed E-state index contributed by atoms with van der Waals surface area (Å²) < 4.78 is 1.20. The molecule has 0 aromatic heterocycles. The Kier molecular flexibility index (Phi) is 2.18. The molecule has 2 heteroatoms. The highest BCUT2D eigenvalue weighted by Gasteiger charge is 2.28. The van der Waals surface area contributed by atoms with Crippen LogP contribution < -0.4 is 0 Å². The van der Waals surface area contributed by atoms with Crippen molar-refractivity contribution in [3.05, 3.63) is 9.66 Å². The lowest BCUT2D eigenvalue weighted by Crippen LogP contribution is -2.25. The van der Waals surface area contributed by atoms with Gasteiger partial charge in [0.1, 0.15) is 0 Å². The summed E-state index contributed by atoms with van der Waals surface area (Å²) in [7, 11) is 0. The second kappa shape index (κ2) is 2.64. The third kappa shape index (κ3) is 1.59. The van der Waals surface area contributed by atoms with E-state index in [1.165, 1.54) is 3.58 Å². The van der Waals surface area contributed by atoms with Gasteiger partial charge in [0.05, 0.1) is 0 Å². The molecule has 1 aliphatic rings. The van der Waals surface area contributed by atoms with E-state index in [4.69, 9.17) is 0 Å². The monoisotopic (exact) mass is 250 g/mol. The van der Waals surface area contributed by atoms with Gasteiger partial charge in [0.15, 0.2) is 5.78 Å². The summed E-state index contributed by atoms with van der Waals surface area (Å²) in [6.45, 7) is 4.02. The molecule has 0 unspecified atom stereocenters. The molecule has 0 saturated carbocycles. The Bertz CT molecular complexity index is 191. The quantitative estimate of drug-likeness (QED) is 0.604. The smallest absolute Gasteiger partial charge is 0.162 e. The van der Waals surface area contributed by atoms with Crippen molar-refractivity contribution in [3.8, 4) is 0 Å². The lowest BCUT2D eigenvalue weighted by molar-refractivity contribution is -0.122. The largest absolute Gasteiger partial charge is 0.294 e. The third-order valence-electron chi connectivity index (χ3n) is 1.94. The zero-order chi connectivity index (χ0) is 7.78. The Morgan fingerprint density at radius 2 is 2.20 bits per heavy atom. The Hall–Kier alpha value is 0.140. The minimum absolute atomic E-state index is 0.103. The van der Waals surface area contributed by atoms with Crippen LogP contribution in [0, 0.1) is 5.41 Å². The van der Waals surface area contributed by atoms with Gasteiger partial charge in [0, 0.05) is 5.41 Å². The minimum atomic E-state index is -0.103. The molecule has 0 saturated heterocycles. The fraction of sp³-hybridized carbons (Fsp3) is 0.625. The Morgan fingerprint density at radius 1 is 1.60 bits per heavy atom. The highest BCUT2D eigenvalue weighted by Crippen LogP contribution is 2.33. The summed E-state index contributed by atoms with van der Waals surface area (Å²) in [5.41, 5.74) is -0.103. The van der Waals surface area contributed by atoms with Crippen molar-refractivity contribution in [1.29, 1.82) is 0 Å². The lowest BCUT2D eigenvalue weighted by atomic mass is 9.80. The van der Waals surface area contributed by atoms with Crippen molar-refractivity contribution in [3.63, 3.8) is 0 Å². The Morgan fingerprint density at radius 3 is 2.60 bits per heavy atom. The number of hydrogen-bond donors (Lipinski definition) is 0. The van der Waals surface area contributed by atoms with E-state index in [9.17, 15) is 4.79 Å². The molecule has 1 rings (SSSR count). The third-order valence-corrected chi connectivity index (χ3v) is 2.79. The van der Waals surface area contributed by atoms with Gasteiger partial charge in [-0.3, -0.25) is 4.79 Å². The van der Waals surface area contributed by atoms with Crippen molar-refractivity contribution < 1.29 is 4.79 Å². The average molecular weight is 250 g/mol. The predicted molar refractivity (Wildman–Crippen MR) is 50.1 cm³/mol. The van der Waals surface area contributed by atoms with Crippen molar-refractivity contribution >= 4 is 28.4 Å². The SMILES string of the molecule is CC1(C)CCC(I)=CC1=O. The molecule has 0 spiro atoms. The summed E-state index contributed by atoms with van der Waals surface area (Å²) in [6.07, 6.45) is 3.84. The van der Waals surface area contributed by atoms with E-state index in [1.54, 1.807) is 6.08 Å². The molecule has 56 valence electrons. The first-order chi connectivity index (χ1) is 4.52. The van der Waals surface area contributed by atoms with Gasteiger partial charge in [-0.2, -0.15) is 0 Å². The molecule has 0 aromatic carbocycles. The van der Waals surface area contributed by atoms with E-state index < -0.39 is 0 Å². The fourth-order valence-corrected chi connectivity index (χ4v) is 1.52. The van der Waals surface area contributed by atoms with Crippen LogP contribution in [0.1, 0.15) is 26.7 Å². The molecular formula is C8H11IO. The first-order valence-corrected chi connectivity index (χ1v) is 4.51. The fourth-order valence-electron chi connectivity index (χ4n) is 0.965. The highest BCUT2D eigenvalue weighted by molar-refractivity contribution is 14.1. The molecule has 0 aromatic rings. The van der Waals surface area contributed by atoms with Gasteiger partial charge in [-0.05, 0) is 45.1 Å². The predicted octanol–water partition coefficient (Wildman–Crippen LogP) is 2.69. The molecule has 1 aliphatic carbocycles. The molecule has 0 radical (unpaired) electrons. The first kappa shape index (κ1) is 8.24. The number of ketones is 1. The van der Waals surface area contributed by atoms with Crippen LogP contribution in [0.5, 0.6) is 0 Å². The van der Waals surface area contributed by atoms with E-state index in [-0.39, 0.29) is 11.2 Å². The van der Waals surface area contributed by atoms with Crippen LogP contribution in [0.3, 0.4) is 0 Å². The van der Waals surface area contributed by atoms with Crippen LogP contribution in [0.25, 0.3) is 0 Å². The van der Waals surface area contributed by atoms with Gasteiger partial charge in [-0.15, -0.1) is 0 Å². The maximum absolute atomic E-state index is 11.2. The maximum Gasteiger partial charge on any atom is 0.162 e. The molecule has 0 amide bonds. The lowest BCUT2D eigenvalue weighted by Gasteiger charge is -2.24. The normalized spacial score (nSPS) is 24.3. The van der Waals surface area contributed by atoms with E-state index >= 15 is 0 Å². The molecule has 0 bridgehead atoms. The molecule has 0 atom stereocenters. The standard InChI is InChI=1S/C8H11IO/c1-8(2)4-3-6(9)5-7(8)10/h5H,3-4H2,1-2H3. The van der Waals surface area contributed by atoms with Crippen molar-refractivity contribution in [2.45, 2.75) is 26.7 Å². The number of carbonyl (C=O) groups excluding carboxylic acids is 1. The average Bonchev–Trinajstić information content (AvgIpc) is 1.81. The number of allylic oxidation sites excluding steroid dienone is 2. The minimum Gasteiger partial charge on any atom is -0.294 e. The summed E-state index contributed by atoms with van der Waals surface area (Å²) in [5, 5.41) is 0. The van der Waals surface area contributed by atoms with Crippen LogP contribution in [0.15, 0.2) is 9.66 Å². The molecule has 1 nitrogen and oxygen atoms in total. The Labute approximate surface area is 75.0 Å². The van der Waals surface area contributed by atoms with Crippen LogP contribution in [-0.2, 0) is 4.79 Å². The molecule has 0 fully saturated rings. The molecule has 0 heterocycles. The van der Waals surface area contributed by atoms with Crippen LogP contribution >= 0.6 is 22.6 Å². The molecule has 10 heavy (non-hydrogen) atoms. The molecule has 0 aliphatic heterocycles. The van der Waals surface area contributed by atoms with E-state index in [1.807, 2.05) is 13.8 Å². The molecule has 0 N–H and O–H groups in total. The molecular weight excluding hydrogens is 239 g/mol. The topological polar surface area (TPSA) is 17.1 Å². The van der Waals surface area contributed by atoms with Gasteiger partial charge in [-0.25, -0.2) is 0 Å². The van der Waals surface area contributed by atoms with Gasteiger partial charge in [0.25, 0.3) is 0 Å². The second-order valence-electron chi connectivity index (χ2n) is 3.34. The second-order valence-corrected chi connectivity index (χ2v) is 4.72. The Balaban J connectivity index is 2.84. The number of hydrogen-bond acceptors (Lipinski definition) is 1. The summed E-state index contributed by atoms with van der Waals surface area (Å²) in [4.78, 5) is 11.2. The van der Waals surface area contributed by atoms with Gasteiger partial charge in [0.2, 0.25) is 0 Å². The van der Waals surface area contributed by atoms with Crippen molar-refractivity contribution in [1.82, 2.24) is 0 Å². The van der Waals surface area contributed by atoms with E-state index in [0.717, 1.165) is 12.8 Å². The van der Waals surface area contributed by atoms with Gasteiger partial charge in [-0.1, -0.05) is 13.8 Å². The van der Waals surface area contributed by atoms with Crippen LogP contribution in [0.4, 0.5) is 0 Å². The summed E-state index contributed by atoms with van der Waals surface area (Å²) in [6, 6.07) is 0. The van der Waals surface area contributed by atoms with E-state index in [2.05, 4.69) is 22.6 Å². The zero-order valence-electron chi connectivity index (χ0n) is 6.28. The van der Waals surface area contributed by atoms with Crippen LogP contribution in [-0.4, -0.2) is 5.78 Å². The van der Waals surface area contributed by atoms with Crippen molar-refractivity contribution in [2.75, 3.05) is 0 Å². The first-order valence-electron chi connectivity index (χ1n) is 3.43. The summed E-state index contributed by atoms with van der Waals surface area (Å²) in [5.74, 6) is 0.281. The highest BCUT2D eigenvalue weighted by atomic mass is 127. The van der Waals surface area contributed by atoms with Gasteiger partial charge < -0.3 is 0 Å². The number of rotatable bonds is 0. The van der Waals surface area contributed by atoms with E-state index in [0.29, 0.717) is 0 Å². The zero-order valence-corrected chi connectivity index (χ0v) is 8.44. The number of carbonyl (C=O) groups is 1.